The van der Waals surface area contributed by atoms with Gasteiger partial charge in [-0.15, -0.1) is 0 Å². The second-order valence-corrected chi connectivity index (χ2v) is 8.51. The van der Waals surface area contributed by atoms with Crippen molar-refractivity contribution in [2.75, 3.05) is 50.0 Å². The fourth-order valence-electron chi connectivity index (χ4n) is 3.21. The maximum absolute atomic E-state index is 13.0. The summed E-state index contributed by atoms with van der Waals surface area (Å²) in [5.74, 6) is 0.429. The number of hydrogen-bond donors (Lipinski definition) is 1. The van der Waals surface area contributed by atoms with Crippen LogP contribution in [0.15, 0.2) is 47.4 Å². The number of benzene rings is 2. The molecular formula is C20H25N3O4S. The number of carbonyl (C=O) groups is 1. The number of nitrogens with one attached hydrogen (secondary N) is 1. The highest BCUT2D eigenvalue weighted by atomic mass is 32.2. The van der Waals surface area contributed by atoms with Gasteiger partial charge >= 0.3 is 0 Å². The lowest BCUT2D eigenvalue weighted by atomic mass is 10.1. The molecule has 2 aromatic carbocycles. The van der Waals surface area contributed by atoms with E-state index in [1.807, 2.05) is 0 Å². The maximum atomic E-state index is 13.0. The van der Waals surface area contributed by atoms with Crippen LogP contribution in [-0.2, 0) is 10.0 Å². The molecule has 1 N–H and O–H groups in total. The van der Waals surface area contributed by atoms with Gasteiger partial charge in [0.1, 0.15) is 5.75 Å². The molecule has 28 heavy (non-hydrogen) atoms. The van der Waals surface area contributed by atoms with Gasteiger partial charge in [0.15, 0.2) is 5.78 Å². The van der Waals surface area contributed by atoms with Gasteiger partial charge in [0, 0.05) is 31.7 Å². The number of para-hydroxylation sites is 1. The standard InChI is InChI=1S/C20H25N3O4S/c1-15(24)17-6-4-5-7-18(17)21-28(25,26)16-8-9-20(27-3)19(14-16)23-12-10-22(2)11-13-23/h4-9,14,21H,10-13H2,1-3H3. The molecular weight excluding hydrogens is 378 g/mol. The van der Waals surface area contributed by atoms with E-state index in [0.29, 0.717) is 11.3 Å². The first kappa shape index (κ1) is 20.2. The Bertz CT molecular complexity index is 967. The summed E-state index contributed by atoms with van der Waals surface area (Å²) >= 11 is 0. The lowest BCUT2D eigenvalue weighted by Gasteiger charge is -2.34. The largest absolute Gasteiger partial charge is 0.495 e. The number of piperazine rings is 1. The zero-order valence-electron chi connectivity index (χ0n) is 16.3. The molecule has 0 aromatic heterocycles. The number of ketones is 1. The summed E-state index contributed by atoms with van der Waals surface area (Å²) in [6, 6.07) is 11.4. The van der Waals surface area contributed by atoms with Gasteiger partial charge in [-0.3, -0.25) is 9.52 Å². The Hall–Kier alpha value is -2.58. The van der Waals surface area contributed by atoms with Crippen LogP contribution in [0.5, 0.6) is 5.75 Å². The number of carbonyl (C=O) groups excluding carboxylic acids is 1. The van der Waals surface area contributed by atoms with Gasteiger partial charge in [-0.25, -0.2) is 8.42 Å². The van der Waals surface area contributed by atoms with Gasteiger partial charge < -0.3 is 14.5 Å². The monoisotopic (exact) mass is 403 g/mol. The average molecular weight is 404 g/mol. The van der Waals surface area contributed by atoms with Crippen LogP contribution in [0.4, 0.5) is 11.4 Å². The molecule has 0 amide bonds. The fraction of sp³-hybridized carbons (Fsp3) is 0.350. The van der Waals surface area contributed by atoms with Gasteiger partial charge in [-0.2, -0.15) is 0 Å². The number of hydrogen-bond acceptors (Lipinski definition) is 6. The van der Waals surface area contributed by atoms with Gasteiger partial charge in [0.25, 0.3) is 10.0 Å². The van der Waals surface area contributed by atoms with Gasteiger partial charge in [-0.05, 0) is 44.3 Å². The summed E-state index contributed by atoms with van der Waals surface area (Å²) in [6.07, 6.45) is 0. The average Bonchev–Trinajstić information content (AvgIpc) is 2.68. The van der Waals surface area contributed by atoms with Crippen LogP contribution in [0.2, 0.25) is 0 Å². The molecule has 0 spiro atoms. The van der Waals surface area contributed by atoms with E-state index in [-0.39, 0.29) is 16.4 Å². The van der Waals surface area contributed by atoms with E-state index in [0.717, 1.165) is 31.9 Å². The number of anilines is 2. The van der Waals surface area contributed by atoms with Crippen molar-refractivity contribution in [2.24, 2.45) is 0 Å². The molecule has 0 aliphatic carbocycles. The molecule has 0 saturated carbocycles. The van der Waals surface area contributed by atoms with Crippen molar-refractivity contribution in [3.63, 3.8) is 0 Å². The van der Waals surface area contributed by atoms with Crippen molar-refractivity contribution >= 4 is 27.2 Å². The molecule has 3 rings (SSSR count). The third kappa shape index (κ3) is 4.28. The van der Waals surface area contributed by atoms with Crippen molar-refractivity contribution in [1.29, 1.82) is 0 Å². The molecule has 1 aliphatic rings. The van der Waals surface area contributed by atoms with Crippen LogP contribution >= 0.6 is 0 Å². The summed E-state index contributed by atoms with van der Waals surface area (Å²) in [5.41, 5.74) is 1.35. The zero-order valence-corrected chi connectivity index (χ0v) is 17.1. The van der Waals surface area contributed by atoms with Crippen molar-refractivity contribution in [1.82, 2.24) is 4.90 Å². The number of methoxy groups -OCH3 is 1. The lowest BCUT2D eigenvalue weighted by Crippen LogP contribution is -2.44. The van der Waals surface area contributed by atoms with Crippen LogP contribution in [-0.4, -0.2) is 59.4 Å². The predicted octanol–water partition coefficient (Wildman–Crippen LogP) is 2.45. The van der Waals surface area contributed by atoms with E-state index >= 15 is 0 Å². The van der Waals surface area contributed by atoms with Crippen LogP contribution in [0, 0.1) is 0 Å². The fourth-order valence-corrected chi connectivity index (χ4v) is 4.31. The van der Waals surface area contributed by atoms with Gasteiger partial charge in [-0.1, -0.05) is 12.1 Å². The Labute approximate surface area is 166 Å². The first-order valence-corrected chi connectivity index (χ1v) is 10.5. The van der Waals surface area contributed by atoms with Crippen LogP contribution in [0.25, 0.3) is 0 Å². The molecule has 0 radical (unpaired) electrons. The van der Waals surface area contributed by atoms with Crippen molar-refractivity contribution in [3.05, 3.63) is 48.0 Å². The van der Waals surface area contributed by atoms with Crippen molar-refractivity contribution in [3.8, 4) is 5.75 Å². The topological polar surface area (TPSA) is 78.9 Å². The first-order chi connectivity index (χ1) is 13.3. The summed E-state index contributed by atoms with van der Waals surface area (Å²) < 4.78 is 33.9. The molecule has 0 atom stereocenters. The first-order valence-electron chi connectivity index (χ1n) is 9.06. The molecule has 1 saturated heterocycles. The predicted molar refractivity (Wildman–Crippen MR) is 110 cm³/mol. The quantitative estimate of drug-likeness (QED) is 0.747. The van der Waals surface area contributed by atoms with Crippen molar-refractivity contribution < 1.29 is 17.9 Å². The second kappa shape index (κ2) is 8.20. The van der Waals surface area contributed by atoms with E-state index in [1.165, 1.54) is 13.0 Å². The highest BCUT2D eigenvalue weighted by molar-refractivity contribution is 7.92. The summed E-state index contributed by atoms with van der Waals surface area (Å²) in [4.78, 5) is 16.3. The highest BCUT2D eigenvalue weighted by Gasteiger charge is 2.23. The Morgan fingerprint density at radius 3 is 2.39 bits per heavy atom. The maximum Gasteiger partial charge on any atom is 0.261 e. The van der Waals surface area contributed by atoms with E-state index in [9.17, 15) is 13.2 Å². The minimum atomic E-state index is -3.86. The highest BCUT2D eigenvalue weighted by Crippen LogP contribution is 2.32. The molecule has 0 unspecified atom stereocenters. The number of ether oxygens (including phenoxy) is 1. The number of likely N-dealkylation sites (N-methyl/N-ethyl adjacent to an activating group) is 1. The van der Waals surface area contributed by atoms with E-state index in [1.54, 1.807) is 43.5 Å². The smallest absolute Gasteiger partial charge is 0.261 e. The molecule has 1 heterocycles. The second-order valence-electron chi connectivity index (χ2n) is 6.83. The number of nitrogens with zero attached hydrogens (tertiary/aromatic N) is 2. The van der Waals surface area contributed by atoms with Crippen LogP contribution in [0.3, 0.4) is 0 Å². The molecule has 8 heteroatoms. The summed E-state index contributed by atoms with van der Waals surface area (Å²) in [5, 5.41) is 0. The zero-order chi connectivity index (χ0) is 20.3. The summed E-state index contributed by atoms with van der Waals surface area (Å²) in [6.45, 7) is 4.77. The third-order valence-electron chi connectivity index (χ3n) is 4.86. The van der Waals surface area contributed by atoms with E-state index in [4.69, 9.17) is 4.74 Å². The lowest BCUT2D eigenvalue weighted by molar-refractivity contribution is 0.101. The Morgan fingerprint density at radius 1 is 1.07 bits per heavy atom. The molecule has 1 aliphatic heterocycles. The van der Waals surface area contributed by atoms with E-state index in [2.05, 4.69) is 21.6 Å². The molecule has 1 fully saturated rings. The van der Waals surface area contributed by atoms with E-state index < -0.39 is 10.0 Å². The molecule has 150 valence electrons. The SMILES string of the molecule is COc1ccc(S(=O)(=O)Nc2ccccc2C(C)=O)cc1N1CCN(C)CC1. The number of Topliss-reactive ketones (excluding diaryl/α,β-unsaturated/α-hetero) is 1. The molecule has 2 aromatic rings. The minimum absolute atomic E-state index is 0.126. The molecule has 7 nitrogen and oxygen atoms in total. The number of sulfonamides is 1. The Morgan fingerprint density at radius 2 is 1.75 bits per heavy atom. The normalized spacial score (nSPS) is 15.3. The van der Waals surface area contributed by atoms with Crippen LogP contribution < -0.4 is 14.4 Å². The van der Waals surface area contributed by atoms with Crippen molar-refractivity contribution in [2.45, 2.75) is 11.8 Å². The Kier molecular flexibility index (Phi) is 5.90. The van der Waals surface area contributed by atoms with Gasteiger partial charge in [0.05, 0.1) is 23.4 Å². The van der Waals surface area contributed by atoms with Crippen LogP contribution in [0.1, 0.15) is 17.3 Å². The summed E-state index contributed by atoms with van der Waals surface area (Å²) in [7, 11) is -0.226. The Balaban J connectivity index is 1.94. The third-order valence-corrected chi connectivity index (χ3v) is 6.22. The number of rotatable bonds is 6. The van der Waals surface area contributed by atoms with Gasteiger partial charge in [0.2, 0.25) is 0 Å². The minimum Gasteiger partial charge on any atom is -0.495 e. The molecule has 0 bridgehead atoms.